The SMILES string of the molecule is Cc1cc(Nc2ccccc2OC(C)C)nc(N2CCN(C)CC2)n1. The molecule has 134 valence electrons. The first-order chi connectivity index (χ1) is 12.0. The quantitative estimate of drug-likeness (QED) is 0.902. The molecule has 0 unspecified atom stereocenters. The molecule has 0 aliphatic carbocycles. The van der Waals surface area contributed by atoms with Crippen LogP contribution in [0.3, 0.4) is 0 Å². The predicted molar refractivity (Wildman–Crippen MR) is 102 cm³/mol. The Hall–Kier alpha value is -2.34. The van der Waals surface area contributed by atoms with Crippen molar-refractivity contribution in [1.82, 2.24) is 14.9 Å². The normalized spacial score (nSPS) is 15.5. The second-order valence-electron chi connectivity index (χ2n) is 6.77. The van der Waals surface area contributed by atoms with E-state index in [-0.39, 0.29) is 6.10 Å². The summed E-state index contributed by atoms with van der Waals surface area (Å²) in [6.07, 6.45) is 0.121. The number of benzene rings is 1. The molecule has 25 heavy (non-hydrogen) atoms. The topological polar surface area (TPSA) is 53.5 Å². The van der Waals surface area contributed by atoms with E-state index in [0.717, 1.165) is 55.1 Å². The number of aromatic nitrogens is 2. The standard InChI is InChI=1S/C19H27N5O/c1-14(2)25-17-8-6-5-7-16(17)21-18-13-15(3)20-19(22-18)24-11-9-23(4)10-12-24/h5-8,13-14H,9-12H2,1-4H3,(H,20,21,22). The highest BCUT2D eigenvalue weighted by Gasteiger charge is 2.17. The van der Waals surface area contributed by atoms with Crippen molar-refractivity contribution in [3.63, 3.8) is 0 Å². The van der Waals surface area contributed by atoms with E-state index in [0.29, 0.717) is 0 Å². The Morgan fingerprint density at radius 1 is 1.08 bits per heavy atom. The maximum Gasteiger partial charge on any atom is 0.227 e. The summed E-state index contributed by atoms with van der Waals surface area (Å²) in [7, 11) is 2.15. The van der Waals surface area contributed by atoms with Gasteiger partial charge in [0.2, 0.25) is 5.95 Å². The lowest BCUT2D eigenvalue weighted by Crippen LogP contribution is -2.45. The van der Waals surface area contributed by atoms with Gasteiger partial charge in [-0.25, -0.2) is 4.98 Å². The Kier molecular flexibility index (Phi) is 5.38. The molecule has 1 aromatic carbocycles. The lowest BCUT2D eigenvalue weighted by molar-refractivity contribution is 0.244. The Morgan fingerprint density at radius 3 is 2.52 bits per heavy atom. The van der Waals surface area contributed by atoms with Crippen LogP contribution < -0.4 is 15.0 Å². The van der Waals surface area contributed by atoms with E-state index in [1.807, 2.05) is 51.1 Å². The fourth-order valence-corrected chi connectivity index (χ4v) is 2.83. The second-order valence-corrected chi connectivity index (χ2v) is 6.77. The molecule has 1 aromatic heterocycles. The molecule has 1 fully saturated rings. The lowest BCUT2D eigenvalue weighted by Gasteiger charge is -2.32. The van der Waals surface area contributed by atoms with E-state index >= 15 is 0 Å². The summed E-state index contributed by atoms with van der Waals surface area (Å²) in [5.74, 6) is 2.41. The number of para-hydroxylation sites is 2. The number of aryl methyl sites for hydroxylation is 1. The maximum absolute atomic E-state index is 5.88. The Morgan fingerprint density at radius 2 is 1.80 bits per heavy atom. The average Bonchev–Trinajstić information content (AvgIpc) is 2.56. The van der Waals surface area contributed by atoms with Gasteiger partial charge in [0.05, 0.1) is 11.8 Å². The zero-order valence-electron chi connectivity index (χ0n) is 15.5. The third-order valence-electron chi connectivity index (χ3n) is 4.14. The van der Waals surface area contributed by atoms with Gasteiger partial charge in [0.25, 0.3) is 0 Å². The number of nitrogens with zero attached hydrogens (tertiary/aromatic N) is 4. The number of nitrogens with one attached hydrogen (secondary N) is 1. The van der Waals surface area contributed by atoms with E-state index in [1.54, 1.807) is 0 Å². The Balaban J connectivity index is 1.82. The van der Waals surface area contributed by atoms with Crippen molar-refractivity contribution in [3.8, 4) is 5.75 Å². The van der Waals surface area contributed by atoms with Crippen molar-refractivity contribution in [2.75, 3.05) is 43.4 Å². The van der Waals surface area contributed by atoms with Crippen LogP contribution in [-0.2, 0) is 0 Å². The Bertz CT molecular complexity index is 711. The summed E-state index contributed by atoms with van der Waals surface area (Å²) in [6.45, 7) is 10.0. The number of piperazine rings is 1. The highest BCUT2D eigenvalue weighted by molar-refractivity contribution is 5.65. The molecular weight excluding hydrogens is 314 g/mol. The molecule has 1 aliphatic heterocycles. The largest absolute Gasteiger partial charge is 0.489 e. The van der Waals surface area contributed by atoms with Gasteiger partial charge in [-0.2, -0.15) is 4.98 Å². The van der Waals surface area contributed by atoms with Crippen LogP contribution in [0.4, 0.5) is 17.5 Å². The Labute approximate surface area is 149 Å². The van der Waals surface area contributed by atoms with E-state index in [9.17, 15) is 0 Å². The number of likely N-dealkylation sites (N-methyl/N-ethyl adjacent to an activating group) is 1. The molecule has 0 radical (unpaired) electrons. The van der Waals surface area contributed by atoms with Gasteiger partial charge in [0, 0.05) is 37.9 Å². The minimum Gasteiger partial charge on any atom is -0.489 e. The molecule has 1 aliphatic rings. The molecule has 2 heterocycles. The second kappa shape index (κ2) is 7.70. The molecule has 0 bridgehead atoms. The number of rotatable bonds is 5. The third kappa shape index (κ3) is 4.60. The highest BCUT2D eigenvalue weighted by Crippen LogP contribution is 2.28. The zero-order chi connectivity index (χ0) is 17.8. The van der Waals surface area contributed by atoms with Crippen molar-refractivity contribution >= 4 is 17.5 Å². The monoisotopic (exact) mass is 341 g/mol. The van der Waals surface area contributed by atoms with Crippen LogP contribution in [0, 0.1) is 6.92 Å². The molecule has 6 heteroatoms. The van der Waals surface area contributed by atoms with Gasteiger partial charge in [0.1, 0.15) is 11.6 Å². The summed E-state index contributed by atoms with van der Waals surface area (Å²) in [5, 5.41) is 3.39. The molecule has 0 spiro atoms. The predicted octanol–water partition coefficient (Wildman–Crippen LogP) is 3.07. The van der Waals surface area contributed by atoms with Crippen LogP contribution in [0.1, 0.15) is 19.5 Å². The van der Waals surface area contributed by atoms with Gasteiger partial charge < -0.3 is 19.9 Å². The smallest absolute Gasteiger partial charge is 0.227 e. The fraction of sp³-hybridized carbons (Fsp3) is 0.474. The maximum atomic E-state index is 5.88. The molecule has 0 saturated carbocycles. The van der Waals surface area contributed by atoms with Gasteiger partial charge in [-0.1, -0.05) is 12.1 Å². The van der Waals surface area contributed by atoms with Crippen LogP contribution in [0.2, 0.25) is 0 Å². The average molecular weight is 341 g/mol. The molecule has 0 amide bonds. The summed E-state index contributed by atoms with van der Waals surface area (Å²) in [6, 6.07) is 9.91. The number of hydrogen-bond donors (Lipinski definition) is 1. The van der Waals surface area contributed by atoms with Gasteiger partial charge in [-0.05, 0) is 40.0 Å². The van der Waals surface area contributed by atoms with Crippen LogP contribution in [0.25, 0.3) is 0 Å². The van der Waals surface area contributed by atoms with Crippen LogP contribution in [-0.4, -0.2) is 54.2 Å². The van der Waals surface area contributed by atoms with Crippen molar-refractivity contribution in [2.45, 2.75) is 26.9 Å². The van der Waals surface area contributed by atoms with Crippen molar-refractivity contribution in [3.05, 3.63) is 36.0 Å². The summed E-state index contributed by atoms with van der Waals surface area (Å²) >= 11 is 0. The van der Waals surface area contributed by atoms with Crippen LogP contribution >= 0.6 is 0 Å². The van der Waals surface area contributed by atoms with Crippen LogP contribution in [0.5, 0.6) is 5.75 Å². The molecule has 1 saturated heterocycles. The van der Waals surface area contributed by atoms with E-state index in [2.05, 4.69) is 27.1 Å². The number of ether oxygens (including phenoxy) is 1. The fourth-order valence-electron chi connectivity index (χ4n) is 2.83. The van der Waals surface area contributed by atoms with E-state index < -0.39 is 0 Å². The summed E-state index contributed by atoms with van der Waals surface area (Å²) < 4.78 is 5.88. The molecular formula is C19H27N5O. The lowest BCUT2D eigenvalue weighted by atomic mass is 10.3. The van der Waals surface area contributed by atoms with Crippen molar-refractivity contribution in [1.29, 1.82) is 0 Å². The molecule has 0 atom stereocenters. The third-order valence-corrected chi connectivity index (χ3v) is 4.14. The van der Waals surface area contributed by atoms with Crippen molar-refractivity contribution in [2.24, 2.45) is 0 Å². The van der Waals surface area contributed by atoms with E-state index in [4.69, 9.17) is 9.72 Å². The molecule has 1 N–H and O–H groups in total. The zero-order valence-corrected chi connectivity index (χ0v) is 15.5. The molecule has 6 nitrogen and oxygen atoms in total. The number of anilines is 3. The number of hydrogen-bond acceptors (Lipinski definition) is 6. The molecule has 2 aromatic rings. The first-order valence-corrected chi connectivity index (χ1v) is 8.83. The molecule has 3 rings (SSSR count). The van der Waals surface area contributed by atoms with Gasteiger partial charge >= 0.3 is 0 Å². The van der Waals surface area contributed by atoms with Gasteiger partial charge in [0.15, 0.2) is 0 Å². The van der Waals surface area contributed by atoms with Gasteiger partial charge in [-0.15, -0.1) is 0 Å². The first-order valence-electron chi connectivity index (χ1n) is 8.83. The summed E-state index contributed by atoms with van der Waals surface area (Å²) in [5.41, 5.74) is 1.87. The van der Waals surface area contributed by atoms with Gasteiger partial charge in [-0.3, -0.25) is 0 Å². The van der Waals surface area contributed by atoms with E-state index in [1.165, 1.54) is 0 Å². The van der Waals surface area contributed by atoms with Crippen molar-refractivity contribution < 1.29 is 4.74 Å². The minimum absolute atomic E-state index is 0.121. The minimum atomic E-state index is 0.121. The first kappa shape index (κ1) is 17.5. The highest BCUT2D eigenvalue weighted by atomic mass is 16.5. The summed E-state index contributed by atoms with van der Waals surface area (Å²) in [4.78, 5) is 13.9. The van der Waals surface area contributed by atoms with Crippen LogP contribution in [0.15, 0.2) is 30.3 Å².